The van der Waals surface area contributed by atoms with Crippen molar-refractivity contribution in [1.82, 2.24) is 0 Å². The van der Waals surface area contributed by atoms with Crippen LogP contribution in [0.15, 0.2) is 31.8 Å². The maximum Gasteiger partial charge on any atom is 0.336 e. The number of fused-ring (bicyclic) bond motifs is 5. The van der Waals surface area contributed by atoms with Crippen LogP contribution in [0.4, 0.5) is 0 Å². The van der Waals surface area contributed by atoms with E-state index in [0.29, 0.717) is 5.58 Å². The van der Waals surface area contributed by atoms with Crippen LogP contribution in [-0.2, 0) is 12.8 Å². The lowest BCUT2D eigenvalue weighted by molar-refractivity contribution is 0.506. The molecule has 0 N–H and O–H groups in total. The Morgan fingerprint density at radius 2 is 1.95 bits per heavy atom. The van der Waals surface area contributed by atoms with Gasteiger partial charge in [-0.05, 0) is 43.9 Å². The van der Waals surface area contributed by atoms with E-state index in [9.17, 15) is 4.79 Å². The highest BCUT2D eigenvalue weighted by molar-refractivity contribution is 6.05. The fourth-order valence-corrected chi connectivity index (χ4v) is 3.12. The first-order chi connectivity index (χ1) is 9.24. The van der Waals surface area contributed by atoms with Crippen LogP contribution in [0.1, 0.15) is 29.7 Å². The molecule has 0 spiro atoms. The number of benzene rings is 1. The molecule has 3 aromatic rings. The maximum atomic E-state index is 11.6. The fraction of sp³-hybridized carbons (Fsp3) is 0.312. The average Bonchev–Trinajstić information content (AvgIpc) is 2.77. The first-order valence-corrected chi connectivity index (χ1v) is 6.72. The van der Waals surface area contributed by atoms with E-state index < -0.39 is 0 Å². The summed E-state index contributed by atoms with van der Waals surface area (Å²) in [6.07, 6.45) is 4.35. The van der Waals surface area contributed by atoms with Crippen molar-refractivity contribution in [2.24, 2.45) is 0 Å². The molecule has 2 heterocycles. The minimum absolute atomic E-state index is 0.289. The van der Waals surface area contributed by atoms with Gasteiger partial charge in [-0.15, -0.1) is 0 Å². The lowest BCUT2D eigenvalue weighted by atomic mass is 9.95. The molecule has 3 heteroatoms. The van der Waals surface area contributed by atoms with Gasteiger partial charge in [0, 0.05) is 23.4 Å². The van der Waals surface area contributed by atoms with Crippen LogP contribution in [-0.4, -0.2) is 0 Å². The summed E-state index contributed by atoms with van der Waals surface area (Å²) in [5.41, 5.74) is 3.44. The van der Waals surface area contributed by atoms with Gasteiger partial charge >= 0.3 is 5.63 Å². The highest BCUT2D eigenvalue weighted by Crippen LogP contribution is 2.36. The molecular formula is C16H14O3. The van der Waals surface area contributed by atoms with Gasteiger partial charge in [-0.3, -0.25) is 0 Å². The minimum atomic E-state index is -0.289. The summed E-state index contributed by atoms with van der Waals surface area (Å²) in [6.45, 7) is 1.94. The molecule has 1 aliphatic carbocycles. The summed E-state index contributed by atoms with van der Waals surface area (Å²) in [5, 5.41) is 2.01. The highest BCUT2D eigenvalue weighted by Gasteiger charge is 2.21. The van der Waals surface area contributed by atoms with Crippen molar-refractivity contribution in [3.8, 4) is 0 Å². The summed E-state index contributed by atoms with van der Waals surface area (Å²) in [4.78, 5) is 11.6. The quantitative estimate of drug-likeness (QED) is 0.574. The number of aryl methyl sites for hydroxylation is 3. The maximum absolute atomic E-state index is 11.6. The highest BCUT2D eigenvalue weighted by atomic mass is 16.4. The van der Waals surface area contributed by atoms with Gasteiger partial charge in [0.25, 0.3) is 0 Å². The molecule has 0 radical (unpaired) electrons. The molecule has 4 rings (SSSR count). The molecule has 0 fully saturated rings. The third-order valence-electron chi connectivity index (χ3n) is 4.03. The third-order valence-corrected chi connectivity index (χ3v) is 4.03. The van der Waals surface area contributed by atoms with Crippen molar-refractivity contribution in [3.63, 3.8) is 0 Å². The number of hydrogen-bond donors (Lipinski definition) is 0. The standard InChI is InChI=1S/C16H14O3/c1-9-8-14(17)19-16-10(9)6-7-13-15(16)11-4-2-3-5-12(11)18-13/h6-8H,2-5H2,1H3. The predicted octanol–water partition coefficient (Wildman–Crippen LogP) is 3.73. The van der Waals surface area contributed by atoms with Crippen LogP contribution in [0.5, 0.6) is 0 Å². The van der Waals surface area contributed by atoms with Crippen molar-refractivity contribution < 1.29 is 8.83 Å². The van der Waals surface area contributed by atoms with Crippen molar-refractivity contribution >= 4 is 21.9 Å². The molecule has 1 aliphatic rings. The fourth-order valence-electron chi connectivity index (χ4n) is 3.12. The van der Waals surface area contributed by atoms with Crippen molar-refractivity contribution in [3.05, 3.63) is 45.5 Å². The molecule has 0 saturated carbocycles. The SMILES string of the molecule is Cc1cc(=O)oc2c1ccc1oc3c(c12)CCCC3. The first-order valence-electron chi connectivity index (χ1n) is 6.72. The predicted molar refractivity (Wildman–Crippen MR) is 73.6 cm³/mol. The minimum Gasteiger partial charge on any atom is -0.461 e. The number of furan rings is 1. The van der Waals surface area contributed by atoms with Crippen molar-refractivity contribution in [2.75, 3.05) is 0 Å². The second kappa shape index (κ2) is 3.73. The molecule has 0 atom stereocenters. The van der Waals surface area contributed by atoms with E-state index in [-0.39, 0.29) is 5.63 Å². The lowest BCUT2D eigenvalue weighted by Gasteiger charge is -2.09. The van der Waals surface area contributed by atoms with E-state index in [1.165, 1.54) is 18.4 Å². The van der Waals surface area contributed by atoms with E-state index >= 15 is 0 Å². The normalized spacial score (nSPS) is 15.0. The molecule has 96 valence electrons. The summed E-state index contributed by atoms with van der Waals surface area (Å²) in [5.74, 6) is 1.07. The molecule has 3 nitrogen and oxygen atoms in total. The zero-order chi connectivity index (χ0) is 13.0. The Morgan fingerprint density at radius 3 is 2.84 bits per heavy atom. The third kappa shape index (κ3) is 1.47. The monoisotopic (exact) mass is 254 g/mol. The number of rotatable bonds is 0. The second-order valence-electron chi connectivity index (χ2n) is 5.27. The van der Waals surface area contributed by atoms with Gasteiger partial charge in [-0.25, -0.2) is 4.79 Å². The summed E-state index contributed by atoms with van der Waals surface area (Å²) in [7, 11) is 0. The van der Waals surface area contributed by atoms with Gasteiger partial charge in [0.15, 0.2) is 0 Å². The van der Waals surface area contributed by atoms with Gasteiger partial charge < -0.3 is 8.83 Å². The van der Waals surface area contributed by atoms with Crippen LogP contribution >= 0.6 is 0 Å². The molecule has 0 amide bonds. The Kier molecular flexibility index (Phi) is 2.13. The van der Waals surface area contributed by atoms with E-state index in [2.05, 4.69) is 0 Å². The summed E-state index contributed by atoms with van der Waals surface area (Å²) >= 11 is 0. The molecule has 0 saturated heterocycles. The van der Waals surface area contributed by atoms with Crippen LogP contribution in [0.3, 0.4) is 0 Å². The van der Waals surface area contributed by atoms with E-state index in [1.807, 2.05) is 19.1 Å². The molecule has 0 aliphatic heterocycles. The van der Waals surface area contributed by atoms with E-state index in [4.69, 9.17) is 8.83 Å². The van der Waals surface area contributed by atoms with Crippen molar-refractivity contribution in [1.29, 1.82) is 0 Å². The zero-order valence-corrected chi connectivity index (χ0v) is 10.8. The Hall–Kier alpha value is -2.03. The molecule has 0 bridgehead atoms. The summed E-state index contributed by atoms with van der Waals surface area (Å²) in [6, 6.07) is 5.51. The molecule has 0 unspecified atom stereocenters. The van der Waals surface area contributed by atoms with Gasteiger partial charge in [0.2, 0.25) is 0 Å². The summed E-state index contributed by atoms with van der Waals surface area (Å²) < 4.78 is 11.4. The smallest absolute Gasteiger partial charge is 0.336 e. The molecule has 2 aromatic heterocycles. The van der Waals surface area contributed by atoms with Crippen LogP contribution in [0, 0.1) is 6.92 Å². The lowest BCUT2D eigenvalue weighted by Crippen LogP contribution is -2.00. The second-order valence-corrected chi connectivity index (χ2v) is 5.27. The Morgan fingerprint density at radius 1 is 1.11 bits per heavy atom. The van der Waals surface area contributed by atoms with Gasteiger partial charge in [-0.1, -0.05) is 0 Å². The van der Waals surface area contributed by atoms with E-state index in [0.717, 1.165) is 40.5 Å². The molecule has 19 heavy (non-hydrogen) atoms. The molecular weight excluding hydrogens is 240 g/mol. The first kappa shape index (κ1) is 10.9. The Balaban J connectivity index is 2.24. The van der Waals surface area contributed by atoms with Crippen LogP contribution < -0.4 is 5.63 Å². The van der Waals surface area contributed by atoms with Gasteiger partial charge in [0.1, 0.15) is 16.9 Å². The largest absolute Gasteiger partial charge is 0.461 e. The average molecular weight is 254 g/mol. The zero-order valence-electron chi connectivity index (χ0n) is 10.8. The Bertz CT molecular complexity index is 852. The number of hydrogen-bond acceptors (Lipinski definition) is 3. The van der Waals surface area contributed by atoms with E-state index in [1.54, 1.807) is 6.07 Å². The topological polar surface area (TPSA) is 43.4 Å². The van der Waals surface area contributed by atoms with Crippen LogP contribution in [0.2, 0.25) is 0 Å². The van der Waals surface area contributed by atoms with Crippen molar-refractivity contribution in [2.45, 2.75) is 32.6 Å². The Labute approximate surface area is 109 Å². The molecule has 1 aromatic carbocycles. The van der Waals surface area contributed by atoms with Gasteiger partial charge in [-0.2, -0.15) is 0 Å². The van der Waals surface area contributed by atoms with Gasteiger partial charge in [0.05, 0.1) is 5.39 Å². The van der Waals surface area contributed by atoms with Crippen LogP contribution in [0.25, 0.3) is 21.9 Å².